The summed E-state index contributed by atoms with van der Waals surface area (Å²) in [6.45, 7) is 3.24. The smallest absolute Gasteiger partial charge is 0.315 e. The van der Waals surface area contributed by atoms with E-state index in [9.17, 15) is 14.4 Å². The second-order valence-electron chi connectivity index (χ2n) is 4.71. The van der Waals surface area contributed by atoms with Crippen molar-refractivity contribution in [3.8, 4) is 0 Å². The zero-order chi connectivity index (χ0) is 16.1. The first-order valence-electron chi connectivity index (χ1n) is 6.62. The summed E-state index contributed by atoms with van der Waals surface area (Å²) in [5.41, 5.74) is 1.70. The van der Waals surface area contributed by atoms with Crippen LogP contribution in [-0.2, 0) is 9.59 Å². The molecule has 0 aliphatic carbocycles. The van der Waals surface area contributed by atoms with Crippen molar-refractivity contribution in [2.24, 2.45) is 0 Å². The van der Waals surface area contributed by atoms with Gasteiger partial charge < -0.3 is 10.6 Å². The van der Waals surface area contributed by atoms with E-state index in [1.807, 2.05) is 0 Å². The highest BCUT2D eigenvalue weighted by atomic mass is 16.2. The number of pyridine rings is 1. The highest BCUT2D eigenvalue weighted by Crippen LogP contribution is 2.10. The maximum atomic E-state index is 11.8. The Morgan fingerprint density at radius 3 is 2.14 bits per heavy atom. The molecule has 0 aliphatic rings. The molecule has 0 radical (unpaired) electrons. The first-order chi connectivity index (χ1) is 10.5. The molecule has 0 bridgehead atoms. The maximum Gasteiger partial charge on any atom is 0.315 e. The average molecular weight is 297 g/mol. The number of rotatable bonds is 3. The van der Waals surface area contributed by atoms with Gasteiger partial charge in [0.05, 0.1) is 0 Å². The van der Waals surface area contributed by atoms with Crippen LogP contribution < -0.4 is 10.6 Å². The van der Waals surface area contributed by atoms with Crippen LogP contribution in [-0.4, -0.2) is 22.6 Å². The first kappa shape index (κ1) is 15.4. The zero-order valence-electron chi connectivity index (χ0n) is 12.2. The Balaban J connectivity index is 1.99. The van der Waals surface area contributed by atoms with E-state index >= 15 is 0 Å². The van der Waals surface area contributed by atoms with Gasteiger partial charge in [-0.05, 0) is 50.2 Å². The molecule has 0 unspecified atom stereocenters. The van der Waals surface area contributed by atoms with Crippen molar-refractivity contribution < 1.29 is 14.4 Å². The van der Waals surface area contributed by atoms with E-state index in [2.05, 4.69) is 15.6 Å². The van der Waals surface area contributed by atoms with Crippen LogP contribution in [0.3, 0.4) is 0 Å². The molecule has 0 saturated heterocycles. The normalized spacial score (nSPS) is 9.91. The van der Waals surface area contributed by atoms with Crippen molar-refractivity contribution in [3.05, 3.63) is 53.7 Å². The predicted octanol–water partition coefficient (Wildman–Crippen LogP) is 2.17. The number of amides is 2. The molecule has 112 valence electrons. The molecular weight excluding hydrogens is 282 g/mol. The molecule has 2 rings (SSSR count). The molecule has 0 spiro atoms. The van der Waals surface area contributed by atoms with Crippen LogP contribution in [0.2, 0.25) is 0 Å². The number of aryl methyl sites for hydroxylation is 1. The lowest BCUT2D eigenvalue weighted by Crippen LogP contribution is -2.29. The number of nitrogens with zero attached hydrogens (tertiary/aromatic N) is 1. The summed E-state index contributed by atoms with van der Waals surface area (Å²) < 4.78 is 0. The molecule has 0 aliphatic heterocycles. The molecule has 2 aromatic rings. The molecule has 6 heteroatoms. The third kappa shape index (κ3) is 3.99. The topological polar surface area (TPSA) is 88.2 Å². The third-order valence-electron chi connectivity index (χ3n) is 2.89. The van der Waals surface area contributed by atoms with Crippen LogP contribution in [0.25, 0.3) is 0 Å². The van der Waals surface area contributed by atoms with Crippen molar-refractivity contribution >= 4 is 29.1 Å². The molecule has 2 N–H and O–H groups in total. The minimum Gasteiger partial charge on any atom is -0.318 e. The Morgan fingerprint density at radius 2 is 1.55 bits per heavy atom. The summed E-state index contributed by atoms with van der Waals surface area (Å²) in [7, 11) is 0. The lowest BCUT2D eigenvalue weighted by molar-refractivity contribution is -0.133. The van der Waals surface area contributed by atoms with Crippen LogP contribution >= 0.6 is 0 Å². The molecule has 6 nitrogen and oxygen atoms in total. The van der Waals surface area contributed by atoms with E-state index in [0.717, 1.165) is 5.69 Å². The fourth-order valence-electron chi connectivity index (χ4n) is 1.76. The van der Waals surface area contributed by atoms with Crippen LogP contribution in [0.1, 0.15) is 23.0 Å². The molecule has 0 fully saturated rings. The van der Waals surface area contributed by atoms with Gasteiger partial charge in [-0.15, -0.1) is 0 Å². The standard InChI is InChI=1S/C16H15N3O3/c1-10-4-3-5-14(17-10)19-16(22)15(21)18-13-8-6-12(7-9-13)11(2)20/h3-9H,1-2H3,(H,18,21)(H,17,19,22). The molecule has 2 amide bonds. The van der Waals surface area contributed by atoms with E-state index < -0.39 is 11.8 Å². The van der Waals surface area contributed by atoms with Crippen LogP contribution in [0.5, 0.6) is 0 Å². The Hall–Kier alpha value is -3.02. The monoisotopic (exact) mass is 297 g/mol. The highest BCUT2D eigenvalue weighted by Gasteiger charge is 2.14. The van der Waals surface area contributed by atoms with Gasteiger partial charge in [-0.1, -0.05) is 6.07 Å². The number of carbonyl (C=O) groups is 3. The minimum absolute atomic E-state index is 0.0684. The van der Waals surface area contributed by atoms with E-state index in [-0.39, 0.29) is 5.78 Å². The average Bonchev–Trinajstić information content (AvgIpc) is 2.47. The van der Waals surface area contributed by atoms with Crippen LogP contribution in [0.4, 0.5) is 11.5 Å². The lowest BCUT2D eigenvalue weighted by Gasteiger charge is -2.07. The van der Waals surface area contributed by atoms with Gasteiger partial charge in [0.25, 0.3) is 0 Å². The molecular formula is C16H15N3O3. The Morgan fingerprint density at radius 1 is 0.909 bits per heavy atom. The van der Waals surface area contributed by atoms with Gasteiger partial charge in [-0.25, -0.2) is 4.98 Å². The zero-order valence-corrected chi connectivity index (χ0v) is 12.2. The molecule has 1 aromatic heterocycles. The summed E-state index contributed by atoms with van der Waals surface area (Å²) >= 11 is 0. The number of hydrogen-bond acceptors (Lipinski definition) is 4. The van der Waals surface area contributed by atoms with Crippen LogP contribution in [0, 0.1) is 6.92 Å². The maximum absolute atomic E-state index is 11.8. The Kier molecular flexibility index (Phi) is 4.63. The number of benzene rings is 1. The summed E-state index contributed by atoms with van der Waals surface area (Å²) in [6.07, 6.45) is 0. The second kappa shape index (κ2) is 6.62. The lowest BCUT2D eigenvalue weighted by atomic mass is 10.1. The van der Waals surface area contributed by atoms with Crippen molar-refractivity contribution in [3.63, 3.8) is 0 Å². The predicted molar refractivity (Wildman–Crippen MR) is 82.7 cm³/mol. The van der Waals surface area contributed by atoms with Crippen molar-refractivity contribution in [2.45, 2.75) is 13.8 Å². The number of anilines is 2. The van der Waals surface area contributed by atoms with Gasteiger partial charge in [-0.3, -0.25) is 14.4 Å². The number of nitrogens with one attached hydrogen (secondary N) is 2. The second-order valence-corrected chi connectivity index (χ2v) is 4.71. The number of aromatic nitrogens is 1. The highest BCUT2D eigenvalue weighted by molar-refractivity contribution is 6.43. The minimum atomic E-state index is -0.811. The molecule has 0 saturated carbocycles. The van der Waals surface area contributed by atoms with Crippen LogP contribution in [0.15, 0.2) is 42.5 Å². The van der Waals surface area contributed by atoms with Gasteiger partial charge in [0.1, 0.15) is 5.82 Å². The fourth-order valence-corrected chi connectivity index (χ4v) is 1.76. The summed E-state index contributed by atoms with van der Waals surface area (Å²) in [5, 5.41) is 4.87. The molecule has 0 atom stereocenters. The largest absolute Gasteiger partial charge is 0.318 e. The SMILES string of the molecule is CC(=O)c1ccc(NC(=O)C(=O)Nc2cccc(C)n2)cc1. The number of Topliss-reactive ketones (excluding diaryl/α,β-unsaturated/α-hetero) is 1. The third-order valence-corrected chi connectivity index (χ3v) is 2.89. The molecule has 22 heavy (non-hydrogen) atoms. The van der Waals surface area contributed by atoms with Gasteiger partial charge in [0, 0.05) is 16.9 Å². The molecule has 1 aromatic carbocycles. The van der Waals surface area contributed by atoms with E-state index in [1.165, 1.54) is 6.92 Å². The Labute approximate surface area is 127 Å². The first-order valence-corrected chi connectivity index (χ1v) is 6.62. The van der Waals surface area contributed by atoms with Gasteiger partial charge >= 0.3 is 11.8 Å². The van der Waals surface area contributed by atoms with Gasteiger partial charge in [0.15, 0.2) is 5.78 Å². The van der Waals surface area contributed by atoms with Crippen molar-refractivity contribution in [2.75, 3.05) is 10.6 Å². The van der Waals surface area contributed by atoms with Gasteiger partial charge in [-0.2, -0.15) is 0 Å². The van der Waals surface area contributed by atoms with Gasteiger partial charge in [0.2, 0.25) is 0 Å². The van der Waals surface area contributed by atoms with Crippen molar-refractivity contribution in [1.82, 2.24) is 4.98 Å². The van der Waals surface area contributed by atoms with E-state index in [0.29, 0.717) is 17.1 Å². The number of hydrogen-bond donors (Lipinski definition) is 2. The quantitative estimate of drug-likeness (QED) is 0.671. The van der Waals surface area contributed by atoms with E-state index in [4.69, 9.17) is 0 Å². The van der Waals surface area contributed by atoms with Crippen molar-refractivity contribution in [1.29, 1.82) is 0 Å². The summed E-state index contributed by atoms with van der Waals surface area (Å²) in [5.74, 6) is -1.37. The summed E-state index contributed by atoms with van der Waals surface area (Å²) in [4.78, 5) is 38.8. The van der Waals surface area contributed by atoms with E-state index in [1.54, 1.807) is 49.4 Å². The molecule has 1 heterocycles. The number of ketones is 1. The summed E-state index contributed by atoms with van der Waals surface area (Å²) in [6, 6.07) is 11.4. The Bertz CT molecular complexity index is 724. The fraction of sp³-hybridized carbons (Fsp3) is 0.125. The number of carbonyl (C=O) groups excluding carboxylic acids is 3.